The molecule has 2 aromatic carbocycles. The van der Waals surface area contributed by atoms with Gasteiger partial charge in [0.25, 0.3) is 0 Å². The molecular weight excluding hydrogens is 347 g/mol. The maximum atomic E-state index is 13.6. The molecule has 2 rings (SSSR count). The third-order valence-corrected chi connectivity index (χ3v) is 4.68. The van der Waals surface area contributed by atoms with E-state index < -0.39 is 0 Å². The molecule has 146 valence electrons. The molecule has 0 radical (unpaired) electrons. The Kier molecular flexibility index (Phi) is 7.19. The Labute approximate surface area is 160 Å². The molecule has 1 atom stereocenters. The SMILES string of the molecule is COc1ccc(CCN(C)[C@H](C)C(=O)Nc2ccc(C)c(F)c2)cc1OC. The fourth-order valence-electron chi connectivity index (χ4n) is 2.65. The number of benzene rings is 2. The highest BCUT2D eigenvalue weighted by atomic mass is 19.1. The van der Waals surface area contributed by atoms with Crippen LogP contribution in [0, 0.1) is 12.7 Å². The maximum Gasteiger partial charge on any atom is 0.241 e. The first kappa shape index (κ1) is 20.7. The molecule has 0 spiro atoms. The van der Waals surface area contributed by atoms with Crippen molar-refractivity contribution in [3.05, 3.63) is 53.3 Å². The van der Waals surface area contributed by atoms with Gasteiger partial charge in [-0.1, -0.05) is 12.1 Å². The summed E-state index contributed by atoms with van der Waals surface area (Å²) in [6, 6.07) is 10.1. The van der Waals surface area contributed by atoms with E-state index in [1.807, 2.05) is 37.1 Å². The molecule has 0 heterocycles. The second-order valence-electron chi connectivity index (χ2n) is 6.55. The highest BCUT2D eigenvalue weighted by Gasteiger charge is 2.18. The van der Waals surface area contributed by atoms with E-state index in [1.165, 1.54) is 6.07 Å². The third-order valence-electron chi connectivity index (χ3n) is 4.68. The van der Waals surface area contributed by atoms with Crippen LogP contribution >= 0.6 is 0 Å². The van der Waals surface area contributed by atoms with Crippen molar-refractivity contribution in [3.8, 4) is 11.5 Å². The van der Waals surface area contributed by atoms with E-state index in [4.69, 9.17) is 9.47 Å². The number of halogens is 1. The fourth-order valence-corrected chi connectivity index (χ4v) is 2.65. The molecule has 0 saturated carbocycles. The van der Waals surface area contributed by atoms with Gasteiger partial charge >= 0.3 is 0 Å². The number of ether oxygens (including phenoxy) is 2. The number of amides is 1. The van der Waals surface area contributed by atoms with Gasteiger partial charge in [-0.15, -0.1) is 0 Å². The van der Waals surface area contributed by atoms with Crippen molar-refractivity contribution in [1.29, 1.82) is 0 Å². The van der Waals surface area contributed by atoms with Crippen LogP contribution in [0.25, 0.3) is 0 Å². The van der Waals surface area contributed by atoms with Gasteiger partial charge < -0.3 is 14.8 Å². The van der Waals surface area contributed by atoms with Crippen molar-refractivity contribution in [1.82, 2.24) is 4.90 Å². The second-order valence-corrected chi connectivity index (χ2v) is 6.55. The Morgan fingerprint density at radius 3 is 2.48 bits per heavy atom. The zero-order valence-corrected chi connectivity index (χ0v) is 16.5. The van der Waals surface area contributed by atoms with E-state index in [0.29, 0.717) is 29.3 Å². The summed E-state index contributed by atoms with van der Waals surface area (Å²) in [4.78, 5) is 14.4. The largest absolute Gasteiger partial charge is 0.493 e. The quantitative estimate of drug-likeness (QED) is 0.766. The summed E-state index contributed by atoms with van der Waals surface area (Å²) in [5, 5.41) is 2.77. The summed E-state index contributed by atoms with van der Waals surface area (Å²) in [5.41, 5.74) is 2.10. The number of nitrogens with zero attached hydrogens (tertiary/aromatic N) is 1. The summed E-state index contributed by atoms with van der Waals surface area (Å²) in [6.07, 6.45) is 0.758. The van der Waals surface area contributed by atoms with Crippen LogP contribution in [0.1, 0.15) is 18.1 Å². The van der Waals surface area contributed by atoms with Crippen LogP contribution in [-0.4, -0.2) is 44.7 Å². The average Bonchev–Trinajstić information content (AvgIpc) is 2.67. The molecule has 6 heteroatoms. The van der Waals surface area contributed by atoms with Gasteiger partial charge in [-0.05, 0) is 62.7 Å². The van der Waals surface area contributed by atoms with E-state index in [2.05, 4.69) is 5.32 Å². The minimum Gasteiger partial charge on any atom is -0.493 e. The number of carbonyl (C=O) groups is 1. The van der Waals surface area contributed by atoms with E-state index in [1.54, 1.807) is 33.3 Å². The number of hydrogen-bond donors (Lipinski definition) is 1. The number of aryl methyl sites for hydroxylation is 1. The number of rotatable bonds is 8. The van der Waals surface area contributed by atoms with E-state index in [9.17, 15) is 9.18 Å². The average molecular weight is 374 g/mol. The minimum absolute atomic E-state index is 0.173. The summed E-state index contributed by atoms with van der Waals surface area (Å²) < 4.78 is 24.2. The molecule has 0 aliphatic carbocycles. The number of hydrogen-bond acceptors (Lipinski definition) is 4. The van der Waals surface area contributed by atoms with Crippen LogP contribution in [0.4, 0.5) is 10.1 Å². The monoisotopic (exact) mass is 374 g/mol. The minimum atomic E-state index is -0.352. The molecule has 0 bridgehead atoms. The van der Waals surface area contributed by atoms with Gasteiger partial charge in [0.05, 0.1) is 20.3 Å². The number of anilines is 1. The van der Waals surface area contributed by atoms with Gasteiger partial charge in [-0.2, -0.15) is 0 Å². The van der Waals surface area contributed by atoms with Crippen molar-refractivity contribution < 1.29 is 18.7 Å². The zero-order valence-electron chi connectivity index (χ0n) is 16.5. The van der Waals surface area contributed by atoms with Crippen LogP contribution in [-0.2, 0) is 11.2 Å². The summed E-state index contributed by atoms with van der Waals surface area (Å²) in [7, 11) is 5.10. The number of methoxy groups -OCH3 is 2. The molecule has 0 saturated heterocycles. The molecule has 1 amide bonds. The predicted molar refractivity (Wildman–Crippen MR) is 105 cm³/mol. The summed E-state index contributed by atoms with van der Waals surface area (Å²) in [6.45, 7) is 4.20. The zero-order chi connectivity index (χ0) is 20.0. The highest BCUT2D eigenvalue weighted by molar-refractivity contribution is 5.94. The molecule has 1 N–H and O–H groups in total. The highest BCUT2D eigenvalue weighted by Crippen LogP contribution is 2.27. The second kappa shape index (κ2) is 9.37. The smallest absolute Gasteiger partial charge is 0.241 e. The van der Waals surface area contributed by atoms with Crippen molar-refractivity contribution in [3.63, 3.8) is 0 Å². The Balaban J connectivity index is 1.93. The van der Waals surface area contributed by atoms with E-state index in [0.717, 1.165) is 12.0 Å². The van der Waals surface area contributed by atoms with Gasteiger partial charge in [-0.25, -0.2) is 4.39 Å². The Morgan fingerprint density at radius 2 is 1.85 bits per heavy atom. The molecule has 0 aliphatic heterocycles. The lowest BCUT2D eigenvalue weighted by atomic mass is 10.1. The molecule has 0 fully saturated rings. The number of carbonyl (C=O) groups excluding carboxylic acids is 1. The Bertz CT molecular complexity index is 795. The lowest BCUT2D eigenvalue weighted by Crippen LogP contribution is -2.40. The lowest BCUT2D eigenvalue weighted by molar-refractivity contribution is -0.120. The number of nitrogens with one attached hydrogen (secondary N) is 1. The Hall–Kier alpha value is -2.60. The van der Waals surface area contributed by atoms with Crippen LogP contribution < -0.4 is 14.8 Å². The summed E-state index contributed by atoms with van der Waals surface area (Å²) >= 11 is 0. The van der Waals surface area contributed by atoms with Crippen molar-refractivity contribution in [2.45, 2.75) is 26.3 Å². The van der Waals surface area contributed by atoms with Crippen molar-refractivity contribution in [2.24, 2.45) is 0 Å². The number of likely N-dealkylation sites (N-methyl/N-ethyl adjacent to an activating group) is 1. The normalized spacial score (nSPS) is 12.0. The third kappa shape index (κ3) is 5.44. The van der Waals surface area contributed by atoms with Crippen LogP contribution in [0.5, 0.6) is 11.5 Å². The van der Waals surface area contributed by atoms with Crippen LogP contribution in [0.15, 0.2) is 36.4 Å². The molecule has 0 unspecified atom stereocenters. The molecule has 5 nitrogen and oxygen atoms in total. The standard InChI is InChI=1S/C21H27FN2O3/c1-14-6-8-17(13-18(14)22)23-21(25)15(2)24(3)11-10-16-7-9-19(26-4)20(12-16)27-5/h6-9,12-13,15H,10-11H2,1-5H3,(H,23,25)/t15-/m1/s1. The molecule has 2 aromatic rings. The van der Waals surface area contributed by atoms with Crippen LogP contribution in [0.3, 0.4) is 0 Å². The van der Waals surface area contributed by atoms with E-state index in [-0.39, 0.29) is 17.8 Å². The van der Waals surface area contributed by atoms with Gasteiger partial charge in [0.15, 0.2) is 11.5 Å². The van der Waals surface area contributed by atoms with Crippen LogP contribution in [0.2, 0.25) is 0 Å². The predicted octanol–water partition coefficient (Wildman–Crippen LogP) is 3.65. The first-order valence-corrected chi connectivity index (χ1v) is 8.84. The lowest BCUT2D eigenvalue weighted by Gasteiger charge is -2.24. The Morgan fingerprint density at radius 1 is 1.15 bits per heavy atom. The maximum absolute atomic E-state index is 13.6. The van der Waals surface area contributed by atoms with Crippen molar-refractivity contribution in [2.75, 3.05) is 33.1 Å². The topological polar surface area (TPSA) is 50.8 Å². The molecule has 0 aliphatic rings. The summed E-state index contributed by atoms with van der Waals surface area (Å²) in [5.74, 6) is 0.868. The van der Waals surface area contributed by atoms with Gasteiger partial charge in [0.2, 0.25) is 5.91 Å². The van der Waals surface area contributed by atoms with E-state index >= 15 is 0 Å². The molecule has 27 heavy (non-hydrogen) atoms. The fraction of sp³-hybridized carbons (Fsp3) is 0.381. The molecule has 0 aromatic heterocycles. The van der Waals surface area contributed by atoms with Gasteiger partial charge in [-0.3, -0.25) is 9.69 Å². The van der Waals surface area contributed by atoms with Gasteiger partial charge in [0, 0.05) is 12.2 Å². The first-order valence-electron chi connectivity index (χ1n) is 8.84. The first-order chi connectivity index (χ1) is 12.8. The molecular formula is C21H27FN2O3. The van der Waals surface area contributed by atoms with Crippen molar-refractivity contribution >= 4 is 11.6 Å². The van der Waals surface area contributed by atoms with Gasteiger partial charge in [0.1, 0.15) is 5.82 Å².